The molecule has 2 aromatic rings. The van der Waals surface area contributed by atoms with Gasteiger partial charge in [0.1, 0.15) is 5.03 Å². The molecule has 0 aliphatic carbocycles. The number of nitrogens with one attached hydrogen (secondary N) is 1. The Bertz CT molecular complexity index is 623. The molecule has 2 aromatic heterocycles. The van der Waals surface area contributed by atoms with E-state index in [1.54, 1.807) is 19.2 Å². The van der Waals surface area contributed by atoms with Crippen molar-refractivity contribution >= 4 is 11.8 Å². The molecule has 2 heterocycles. The van der Waals surface area contributed by atoms with Crippen LogP contribution in [0.2, 0.25) is 0 Å². The predicted octanol–water partition coefficient (Wildman–Crippen LogP) is 2.32. The zero-order chi connectivity index (χ0) is 14.5. The predicted molar refractivity (Wildman–Crippen MR) is 77.8 cm³/mol. The topological polar surface area (TPSA) is 78.9 Å². The molecule has 0 spiro atoms. The van der Waals surface area contributed by atoms with Crippen molar-refractivity contribution < 1.29 is 5.11 Å². The van der Waals surface area contributed by atoms with Crippen molar-refractivity contribution in [2.75, 3.05) is 0 Å². The summed E-state index contributed by atoms with van der Waals surface area (Å²) >= 11 is 1.30. The van der Waals surface area contributed by atoms with Crippen molar-refractivity contribution in [1.82, 2.24) is 15.0 Å². The number of hydrogen-bond acceptors (Lipinski definition) is 5. The Labute approximate surface area is 121 Å². The molecule has 0 aromatic carbocycles. The van der Waals surface area contributed by atoms with Crippen LogP contribution in [0.15, 0.2) is 39.4 Å². The summed E-state index contributed by atoms with van der Waals surface area (Å²) in [6, 6.07) is 5.14. The van der Waals surface area contributed by atoms with Gasteiger partial charge < -0.3 is 10.1 Å². The van der Waals surface area contributed by atoms with Crippen LogP contribution < -0.4 is 5.56 Å². The Hall–Kier alpha value is -1.66. The minimum Gasteiger partial charge on any atom is -0.389 e. The largest absolute Gasteiger partial charge is 0.389 e. The van der Waals surface area contributed by atoms with Crippen LogP contribution in [-0.2, 0) is 6.42 Å². The zero-order valence-electron chi connectivity index (χ0n) is 11.5. The molecule has 2 N–H and O–H groups in total. The Morgan fingerprint density at radius 3 is 2.85 bits per heavy atom. The molecule has 0 aliphatic heterocycles. The van der Waals surface area contributed by atoms with Crippen LogP contribution in [0.1, 0.15) is 37.6 Å². The van der Waals surface area contributed by atoms with Crippen molar-refractivity contribution in [3.63, 3.8) is 0 Å². The number of aliphatic hydroxyl groups is 1. The van der Waals surface area contributed by atoms with Crippen molar-refractivity contribution in [3.05, 3.63) is 46.0 Å². The quantitative estimate of drug-likeness (QED) is 0.827. The van der Waals surface area contributed by atoms with Gasteiger partial charge in [0.25, 0.3) is 5.56 Å². The van der Waals surface area contributed by atoms with E-state index in [0.29, 0.717) is 5.16 Å². The molecule has 0 radical (unpaired) electrons. The maximum Gasteiger partial charge on any atom is 0.251 e. The van der Waals surface area contributed by atoms with Gasteiger partial charge in [-0.1, -0.05) is 19.4 Å². The van der Waals surface area contributed by atoms with Crippen LogP contribution in [0.25, 0.3) is 0 Å². The third-order valence-electron chi connectivity index (χ3n) is 2.72. The molecule has 2 rings (SSSR count). The molecule has 0 saturated carbocycles. The maximum absolute atomic E-state index is 11.6. The van der Waals surface area contributed by atoms with Gasteiger partial charge in [0, 0.05) is 18.0 Å². The van der Waals surface area contributed by atoms with Gasteiger partial charge >= 0.3 is 0 Å². The molecule has 5 nitrogen and oxygen atoms in total. The van der Waals surface area contributed by atoms with Crippen molar-refractivity contribution in [3.8, 4) is 0 Å². The lowest BCUT2D eigenvalue weighted by molar-refractivity contribution is 0.198. The molecular formula is C14H17N3O2S. The second-order valence-corrected chi connectivity index (χ2v) is 5.51. The number of pyridine rings is 1. The number of rotatable bonds is 5. The highest BCUT2D eigenvalue weighted by Crippen LogP contribution is 2.23. The lowest BCUT2D eigenvalue weighted by atomic mass is 10.2. The van der Waals surface area contributed by atoms with Crippen molar-refractivity contribution in [1.29, 1.82) is 0 Å². The smallest absolute Gasteiger partial charge is 0.251 e. The summed E-state index contributed by atoms with van der Waals surface area (Å²) < 4.78 is 0. The first-order chi connectivity index (χ1) is 9.58. The Balaban J connectivity index is 2.18. The fourth-order valence-electron chi connectivity index (χ4n) is 1.71. The summed E-state index contributed by atoms with van der Waals surface area (Å²) in [6.07, 6.45) is 2.82. The molecule has 0 bridgehead atoms. The fourth-order valence-corrected chi connectivity index (χ4v) is 2.47. The lowest BCUT2D eigenvalue weighted by Gasteiger charge is -2.05. The fraction of sp³-hybridized carbons (Fsp3) is 0.357. The first kappa shape index (κ1) is 14.7. The summed E-state index contributed by atoms with van der Waals surface area (Å²) in [7, 11) is 0. The van der Waals surface area contributed by atoms with Gasteiger partial charge in [0.15, 0.2) is 5.16 Å². The van der Waals surface area contributed by atoms with E-state index in [1.807, 2.05) is 13.0 Å². The van der Waals surface area contributed by atoms with Crippen LogP contribution in [0.5, 0.6) is 0 Å². The summed E-state index contributed by atoms with van der Waals surface area (Å²) in [5.74, 6) is 0. The van der Waals surface area contributed by atoms with Crippen LogP contribution >= 0.6 is 11.8 Å². The highest BCUT2D eigenvalue weighted by atomic mass is 32.2. The maximum atomic E-state index is 11.6. The average molecular weight is 291 g/mol. The summed E-state index contributed by atoms with van der Waals surface area (Å²) in [5.41, 5.74) is 1.40. The molecule has 20 heavy (non-hydrogen) atoms. The number of aromatic amines is 1. The number of aryl methyl sites for hydroxylation is 1. The summed E-state index contributed by atoms with van der Waals surface area (Å²) in [5, 5.41) is 10.7. The van der Waals surface area contributed by atoms with Crippen LogP contribution in [0.3, 0.4) is 0 Å². The summed E-state index contributed by atoms with van der Waals surface area (Å²) in [4.78, 5) is 22.9. The Morgan fingerprint density at radius 1 is 1.45 bits per heavy atom. The first-order valence-corrected chi connectivity index (χ1v) is 7.32. The second-order valence-electron chi connectivity index (χ2n) is 4.50. The van der Waals surface area contributed by atoms with Gasteiger partial charge in [-0.3, -0.25) is 4.79 Å². The molecule has 106 valence electrons. The van der Waals surface area contributed by atoms with E-state index in [2.05, 4.69) is 15.0 Å². The molecule has 0 amide bonds. The van der Waals surface area contributed by atoms with Gasteiger partial charge in [-0.05, 0) is 36.7 Å². The van der Waals surface area contributed by atoms with E-state index < -0.39 is 6.10 Å². The third kappa shape index (κ3) is 3.91. The van der Waals surface area contributed by atoms with Crippen LogP contribution in [-0.4, -0.2) is 20.1 Å². The van der Waals surface area contributed by atoms with Gasteiger partial charge in [-0.2, -0.15) is 0 Å². The van der Waals surface area contributed by atoms with Crippen LogP contribution in [0.4, 0.5) is 0 Å². The standard InChI is InChI=1S/C14H17N3O2S/c1-3-4-11-7-12(19)17-14(16-11)20-13-6-5-10(8-15-13)9(2)18/h5-9,18H,3-4H2,1-2H3,(H,16,17,19)/t9-/m1/s1. The van der Waals surface area contributed by atoms with Crippen LogP contribution in [0, 0.1) is 0 Å². The first-order valence-electron chi connectivity index (χ1n) is 6.50. The lowest BCUT2D eigenvalue weighted by Crippen LogP contribution is -2.09. The highest BCUT2D eigenvalue weighted by molar-refractivity contribution is 7.99. The number of aromatic nitrogens is 3. The SMILES string of the molecule is CCCc1cc(=O)[nH]c(Sc2ccc([C@@H](C)O)cn2)n1. The van der Waals surface area contributed by atoms with Gasteiger partial charge in [0.2, 0.25) is 0 Å². The highest BCUT2D eigenvalue weighted by Gasteiger charge is 2.06. The van der Waals surface area contributed by atoms with E-state index in [0.717, 1.165) is 29.1 Å². The van der Waals surface area contributed by atoms with Crippen molar-refractivity contribution in [2.45, 2.75) is 43.0 Å². The zero-order valence-corrected chi connectivity index (χ0v) is 12.3. The molecular weight excluding hydrogens is 274 g/mol. The number of nitrogens with zero attached hydrogens (tertiary/aromatic N) is 2. The van der Waals surface area contributed by atoms with E-state index in [1.165, 1.54) is 17.8 Å². The third-order valence-corrected chi connectivity index (χ3v) is 3.56. The molecule has 0 saturated heterocycles. The number of aliphatic hydroxyl groups excluding tert-OH is 1. The Kier molecular flexibility index (Phi) is 4.92. The molecule has 0 unspecified atom stereocenters. The molecule has 0 fully saturated rings. The van der Waals surface area contributed by atoms with Gasteiger partial charge in [-0.25, -0.2) is 9.97 Å². The monoisotopic (exact) mass is 291 g/mol. The molecule has 1 atom stereocenters. The summed E-state index contributed by atoms with van der Waals surface area (Å²) in [6.45, 7) is 3.74. The minimum absolute atomic E-state index is 0.147. The Morgan fingerprint density at radius 2 is 2.25 bits per heavy atom. The molecule has 0 aliphatic rings. The minimum atomic E-state index is -0.535. The van der Waals surface area contributed by atoms with E-state index in [-0.39, 0.29) is 5.56 Å². The second kappa shape index (κ2) is 6.67. The number of H-pyrrole nitrogens is 1. The molecule has 6 heteroatoms. The van der Waals surface area contributed by atoms with E-state index in [4.69, 9.17) is 0 Å². The number of hydrogen-bond donors (Lipinski definition) is 2. The van der Waals surface area contributed by atoms with Gasteiger partial charge in [0.05, 0.1) is 6.10 Å². The van der Waals surface area contributed by atoms with Gasteiger partial charge in [-0.15, -0.1) is 0 Å². The van der Waals surface area contributed by atoms with Crippen molar-refractivity contribution in [2.24, 2.45) is 0 Å². The van der Waals surface area contributed by atoms with E-state index >= 15 is 0 Å². The normalized spacial score (nSPS) is 12.3. The van der Waals surface area contributed by atoms with E-state index in [9.17, 15) is 9.90 Å². The average Bonchev–Trinajstić information content (AvgIpc) is 2.39.